The van der Waals surface area contributed by atoms with Crippen LogP contribution >= 0.6 is 46.3 Å². The summed E-state index contributed by atoms with van der Waals surface area (Å²) in [6.45, 7) is 2.06. The summed E-state index contributed by atoms with van der Waals surface area (Å²) in [5, 5.41) is 12.3. The van der Waals surface area contributed by atoms with Gasteiger partial charge in [0.25, 0.3) is 0 Å². The summed E-state index contributed by atoms with van der Waals surface area (Å²) in [4.78, 5) is 12.0. The van der Waals surface area contributed by atoms with Gasteiger partial charge in [-0.1, -0.05) is 82.2 Å². The van der Waals surface area contributed by atoms with Gasteiger partial charge in [0, 0.05) is 21.9 Å². The van der Waals surface area contributed by atoms with E-state index in [1.807, 2.05) is 0 Å². The number of carbonyl (C=O) groups is 1. The summed E-state index contributed by atoms with van der Waals surface area (Å²) in [5.41, 5.74) is 3.16. The summed E-state index contributed by atoms with van der Waals surface area (Å²) in [6.07, 6.45) is 3.03. The van der Waals surface area contributed by atoms with Crippen LogP contribution in [0.25, 0.3) is 6.08 Å². The maximum atomic E-state index is 12.0. The predicted octanol–water partition coefficient (Wildman–Crippen LogP) is 6.10. The smallest absolute Gasteiger partial charge is 0.250 e. The molecule has 2 aromatic carbocycles. The second-order valence-corrected chi connectivity index (χ2v) is 8.68. The van der Waals surface area contributed by atoms with Gasteiger partial charge in [-0.3, -0.25) is 10.1 Å². The Morgan fingerprint density at radius 3 is 2.70 bits per heavy atom. The number of nitrogens with one attached hydrogen (secondary N) is 1. The molecule has 8 heteroatoms. The minimum atomic E-state index is -0.299. The van der Waals surface area contributed by atoms with Gasteiger partial charge in [0.15, 0.2) is 4.34 Å². The molecule has 1 N–H and O–H groups in total. The lowest BCUT2D eigenvalue weighted by molar-refractivity contribution is -0.111. The molecule has 0 radical (unpaired) electrons. The van der Waals surface area contributed by atoms with Gasteiger partial charge in [-0.15, -0.1) is 10.2 Å². The predicted molar refractivity (Wildman–Crippen MR) is 115 cm³/mol. The minimum Gasteiger partial charge on any atom is -0.297 e. The van der Waals surface area contributed by atoms with E-state index in [1.54, 1.807) is 36.0 Å². The molecule has 138 valence electrons. The van der Waals surface area contributed by atoms with Gasteiger partial charge in [0.1, 0.15) is 0 Å². The van der Waals surface area contributed by atoms with Crippen LogP contribution in [-0.4, -0.2) is 16.1 Å². The lowest BCUT2D eigenvalue weighted by atomic mass is 10.2. The first-order chi connectivity index (χ1) is 13.0. The number of hydrogen-bond donors (Lipinski definition) is 1. The monoisotopic (exact) mass is 435 g/mol. The molecule has 0 aliphatic carbocycles. The third kappa shape index (κ3) is 6.07. The fourth-order valence-corrected chi connectivity index (χ4v) is 4.28. The molecule has 0 aliphatic heterocycles. The fraction of sp³-hybridized carbons (Fsp3) is 0.105. The van der Waals surface area contributed by atoms with E-state index in [1.165, 1.54) is 28.5 Å². The number of amides is 1. The Labute approximate surface area is 175 Å². The van der Waals surface area contributed by atoms with E-state index in [0.717, 1.165) is 10.1 Å². The van der Waals surface area contributed by atoms with Gasteiger partial charge in [-0.25, -0.2) is 0 Å². The van der Waals surface area contributed by atoms with Crippen LogP contribution < -0.4 is 5.32 Å². The third-order valence-corrected chi connectivity index (χ3v) is 6.10. The topological polar surface area (TPSA) is 54.9 Å². The highest BCUT2D eigenvalue weighted by molar-refractivity contribution is 8.00. The Kier molecular flexibility index (Phi) is 6.90. The molecule has 0 saturated carbocycles. The van der Waals surface area contributed by atoms with E-state index >= 15 is 0 Å². The lowest BCUT2D eigenvalue weighted by Crippen LogP contribution is -2.07. The number of hydrogen-bond acceptors (Lipinski definition) is 5. The highest BCUT2D eigenvalue weighted by Crippen LogP contribution is 2.28. The number of anilines is 1. The average Bonchev–Trinajstić information content (AvgIpc) is 3.08. The first-order valence-electron chi connectivity index (χ1n) is 7.95. The van der Waals surface area contributed by atoms with Crippen molar-refractivity contribution in [3.05, 3.63) is 75.3 Å². The van der Waals surface area contributed by atoms with Crippen LogP contribution in [0.4, 0.5) is 5.13 Å². The molecular weight excluding hydrogens is 421 g/mol. The van der Waals surface area contributed by atoms with Crippen molar-refractivity contribution in [3.8, 4) is 0 Å². The maximum absolute atomic E-state index is 12.0. The van der Waals surface area contributed by atoms with Crippen LogP contribution in [-0.2, 0) is 10.5 Å². The van der Waals surface area contributed by atoms with E-state index in [9.17, 15) is 4.79 Å². The maximum Gasteiger partial charge on any atom is 0.250 e. The number of aryl methyl sites for hydroxylation is 1. The Balaban J connectivity index is 1.54. The van der Waals surface area contributed by atoms with Gasteiger partial charge in [-0.2, -0.15) is 0 Å². The molecule has 4 nitrogen and oxygen atoms in total. The minimum absolute atomic E-state index is 0.299. The average molecular weight is 436 g/mol. The number of thioether (sulfide) groups is 1. The number of halogens is 2. The zero-order valence-electron chi connectivity index (χ0n) is 14.3. The van der Waals surface area contributed by atoms with Crippen molar-refractivity contribution >= 4 is 63.4 Å². The molecule has 0 spiro atoms. The van der Waals surface area contributed by atoms with Crippen LogP contribution in [0, 0.1) is 6.92 Å². The van der Waals surface area contributed by atoms with Crippen LogP contribution in [0.5, 0.6) is 0 Å². The van der Waals surface area contributed by atoms with Gasteiger partial charge in [-0.05, 0) is 36.3 Å². The van der Waals surface area contributed by atoms with E-state index in [2.05, 4.69) is 46.7 Å². The summed E-state index contributed by atoms with van der Waals surface area (Å²) >= 11 is 14.9. The highest BCUT2D eigenvalue weighted by Gasteiger charge is 2.07. The van der Waals surface area contributed by atoms with E-state index in [4.69, 9.17) is 23.2 Å². The van der Waals surface area contributed by atoms with Gasteiger partial charge in [0.05, 0.1) is 0 Å². The third-order valence-electron chi connectivity index (χ3n) is 3.50. The molecule has 1 aromatic heterocycles. The van der Waals surface area contributed by atoms with E-state index < -0.39 is 0 Å². The lowest BCUT2D eigenvalue weighted by Gasteiger charge is -1.99. The number of aromatic nitrogens is 2. The van der Waals surface area contributed by atoms with Crippen LogP contribution in [0.2, 0.25) is 10.0 Å². The molecule has 0 saturated heterocycles. The van der Waals surface area contributed by atoms with Crippen molar-refractivity contribution < 1.29 is 4.79 Å². The highest BCUT2D eigenvalue weighted by atomic mass is 35.5. The normalized spacial score (nSPS) is 11.1. The molecule has 0 unspecified atom stereocenters. The van der Waals surface area contributed by atoms with Crippen molar-refractivity contribution in [2.75, 3.05) is 5.32 Å². The molecule has 1 amide bonds. The number of nitrogens with zero attached hydrogens (tertiary/aromatic N) is 2. The van der Waals surface area contributed by atoms with E-state index in [-0.39, 0.29) is 5.91 Å². The summed E-state index contributed by atoms with van der Waals surface area (Å²) in [5.74, 6) is 0.505. The Morgan fingerprint density at radius 1 is 1.19 bits per heavy atom. The summed E-state index contributed by atoms with van der Waals surface area (Å²) in [6, 6.07) is 13.5. The number of rotatable bonds is 6. The number of benzene rings is 2. The molecular formula is C19H15Cl2N3OS2. The molecule has 0 bridgehead atoms. The van der Waals surface area contributed by atoms with Crippen LogP contribution in [0.3, 0.4) is 0 Å². The summed E-state index contributed by atoms with van der Waals surface area (Å²) < 4.78 is 0.801. The van der Waals surface area contributed by atoms with Crippen LogP contribution in [0.1, 0.15) is 16.7 Å². The van der Waals surface area contributed by atoms with Gasteiger partial charge >= 0.3 is 0 Å². The van der Waals surface area contributed by atoms with Crippen molar-refractivity contribution in [1.29, 1.82) is 0 Å². The van der Waals surface area contributed by atoms with Crippen molar-refractivity contribution in [2.45, 2.75) is 17.0 Å². The molecule has 0 fully saturated rings. The molecule has 3 aromatic rings. The largest absolute Gasteiger partial charge is 0.297 e. The Hall–Kier alpha value is -1.86. The Morgan fingerprint density at radius 2 is 1.96 bits per heavy atom. The van der Waals surface area contributed by atoms with E-state index in [0.29, 0.717) is 20.7 Å². The van der Waals surface area contributed by atoms with Gasteiger partial charge < -0.3 is 0 Å². The zero-order chi connectivity index (χ0) is 19.2. The molecule has 1 heterocycles. The van der Waals surface area contributed by atoms with Gasteiger partial charge in [0.2, 0.25) is 11.0 Å². The Bertz CT molecular complexity index is 971. The molecule has 27 heavy (non-hydrogen) atoms. The fourth-order valence-electron chi connectivity index (χ4n) is 2.10. The first-order valence-corrected chi connectivity index (χ1v) is 10.5. The molecule has 3 rings (SSSR count). The second-order valence-electron chi connectivity index (χ2n) is 5.64. The van der Waals surface area contributed by atoms with Crippen LogP contribution in [0.15, 0.2) is 52.9 Å². The standard InChI is InChI=1S/C19H15Cl2N3OS2/c1-12-2-4-13(5-3-12)11-26-19-24-23-18(27-19)22-17(25)9-7-14-6-8-15(20)10-16(14)21/h2-10H,11H2,1H3,(H,22,23,25)/b9-7+. The summed E-state index contributed by atoms with van der Waals surface area (Å²) in [7, 11) is 0. The molecule has 0 aliphatic rings. The van der Waals surface area contributed by atoms with Crippen molar-refractivity contribution in [3.63, 3.8) is 0 Å². The molecule has 0 atom stereocenters. The van der Waals surface area contributed by atoms with Crippen molar-refractivity contribution in [1.82, 2.24) is 10.2 Å². The van der Waals surface area contributed by atoms with Crippen molar-refractivity contribution in [2.24, 2.45) is 0 Å². The zero-order valence-corrected chi connectivity index (χ0v) is 17.4. The first kappa shape index (κ1) is 19.9. The SMILES string of the molecule is Cc1ccc(CSc2nnc(NC(=O)/C=C/c3ccc(Cl)cc3Cl)s2)cc1. The number of carbonyl (C=O) groups excluding carboxylic acids is 1. The quantitative estimate of drug-likeness (QED) is 0.288. The second kappa shape index (κ2) is 9.37.